The van der Waals surface area contributed by atoms with Crippen molar-refractivity contribution in [3.63, 3.8) is 0 Å². The molecule has 0 amide bonds. The number of carbonyl (C=O) groups excluding carboxylic acids is 1. The van der Waals surface area contributed by atoms with Gasteiger partial charge in [-0.1, -0.05) is 12.1 Å². The quantitative estimate of drug-likeness (QED) is 0.302. The highest BCUT2D eigenvalue weighted by molar-refractivity contribution is 5.73. The number of carbonyl (C=O) groups is 1. The van der Waals surface area contributed by atoms with Crippen LogP contribution in [0, 0.1) is 10.1 Å². The van der Waals surface area contributed by atoms with Gasteiger partial charge in [-0.3, -0.25) is 10.1 Å². The highest BCUT2D eigenvalue weighted by Crippen LogP contribution is 2.47. The van der Waals surface area contributed by atoms with E-state index in [1.165, 1.54) is 18.6 Å². The molecule has 4 heterocycles. The summed E-state index contributed by atoms with van der Waals surface area (Å²) in [5.41, 5.74) is 1.92. The predicted octanol–water partition coefficient (Wildman–Crippen LogP) is 5.33. The molecule has 11 nitrogen and oxygen atoms in total. The summed E-state index contributed by atoms with van der Waals surface area (Å²) in [6.45, 7) is 7.18. The van der Waals surface area contributed by atoms with Crippen molar-refractivity contribution in [2.24, 2.45) is 0 Å². The summed E-state index contributed by atoms with van der Waals surface area (Å²) >= 11 is 0. The van der Waals surface area contributed by atoms with Crippen molar-refractivity contribution < 1.29 is 19.2 Å². The lowest BCUT2D eigenvalue weighted by Gasteiger charge is -2.37. The van der Waals surface area contributed by atoms with Gasteiger partial charge in [0.2, 0.25) is 5.95 Å². The number of anilines is 3. The normalized spacial score (nSPS) is 19.5. The molecular weight excluding hydrogens is 488 g/mol. The van der Waals surface area contributed by atoms with Gasteiger partial charge in [0.1, 0.15) is 17.4 Å². The van der Waals surface area contributed by atoms with Crippen LogP contribution in [-0.2, 0) is 9.47 Å². The standard InChI is InChI=1S/C27H34N6O5/c1-3-37-27(34)38-23-18(2)28-24-22(21(23)19-11-10-12-20(17-19)33(35)36)25(31-13-6-4-7-14-31)30-26(29-24)32-15-8-5-9-16-32/h10-12,17,21H,3-9,13-16H2,1-2H3,(H,28,29,30). The Hall–Kier alpha value is -3.89. The van der Waals surface area contributed by atoms with E-state index in [1.807, 2.05) is 13.0 Å². The minimum atomic E-state index is -0.826. The molecule has 0 saturated carbocycles. The Morgan fingerprint density at radius 1 is 1.08 bits per heavy atom. The Bertz CT molecular complexity index is 1240. The van der Waals surface area contributed by atoms with Crippen LogP contribution in [0.4, 0.5) is 28.1 Å². The van der Waals surface area contributed by atoms with Crippen LogP contribution in [0.25, 0.3) is 0 Å². The molecule has 2 fully saturated rings. The van der Waals surface area contributed by atoms with Gasteiger partial charge in [0.05, 0.1) is 28.7 Å². The molecule has 3 aliphatic heterocycles. The zero-order chi connectivity index (χ0) is 26.6. The lowest BCUT2D eigenvalue weighted by atomic mass is 9.86. The Balaban J connectivity index is 1.69. The summed E-state index contributed by atoms with van der Waals surface area (Å²) in [5.74, 6) is 1.77. The van der Waals surface area contributed by atoms with Gasteiger partial charge < -0.3 is 24.6 Å². The van der Waals surface area contributed by atoms with Gasteiger partial charge in [0.25, 0.3) is 5.69 Å². The van der Waals surface area contributed by atoms with E-state index < -0.39 is 17.0 Å². The second-order valence-electron chi connectivity index (χ2n) is 9.89. The van der Waals surface area contributed by atoms with Crippen LogP contribution >= 0.6 is 0 Å². The van der Waals surface area contributed by atoms with E-state index >= 15 is 0 Å². The second-order valence-corrected chi connectivity index (χ2v) is 9.89. The average Bonchev–Trinajstić information content (AvgIpc) is 2.94. The fourth-order valence-corrected chi connectivity index (χ4v) is 5.48. The zero-order valence-corrected chi connectivity index (χ0v) is 21.9. The SMILES string of the molecule is CCOC(=O)OC1=C(C)Nc2nc(N3CCCCC3)nc(N3CCCCC3)c2C1c1cccc([N+](=O)[O-])c1. The average molecular weight is 523 g/mol. The van der Waals surface area contributed by atoms with Gasteiger partial charge >= 0.3 is 6.16 Å². The molecule has 1 N–H and O–H groups in total. The van der Waals surface area contributed by atoms with Crippen LogP contribution in [0.2, 0.25) is 0 Å². The molecule has 1 unspecified atom stereocenters. The number of nitro groups is 1. The third-order valence-corrected chi connectivity index (χ3v) is 7.30. The van der Waals surface area contributed by atoms with Crippen LogP contribution in [0.3, 0.4) is 0 Å². The van der Waals surface area contributed by atoms with Crippen molar-refractivity contribution in [2.75, 3.05) is 47.9 Å². The van der Waals surface area contributed by atoms with Crippen molar-refractivity contribution >= 4 is 29.4 Å². The first kappa shape index (κ1) is 25.7. The number of non-ortho nitro benzene ring substituents is 1. The molecule has 1 aromatic heterocycles. The minimum Gasteiger partial charge on any atom is -0.434 e. The smallest absolute Gasteiger partial charge is 0.434 e. The van der Waals surface area contributed by atoms with E-state index in [4.69, 9.17) is 19.4 Å². The second kappa shape index (κ2) is 11.2. The van der Waals surface area contributed by atoms with E-state index in [-0.39, 0.29) is 12.3 Å². The number of nitro benzene ring substituents is 1. The molecule has 5 rings (SSSR count). The van der Waals surface area contributed by atoms with Crippen LogP contribution < -0.4 is 15.1 Å². The van der Waals surface area contributed by atoms with Crippen molar-refractivity contribution in [1.82, 2.24) is 9.97 Å². The Morgan fingerprint density at radius 3 is 2.42 bits per heavy atom. The number of allylic oxidation sites excluding steroid dienone is 2. The molecule has 3 aliphatic rings. The Morgan fingerprint density at radius 2 is 1.76 bits per heavy atom. The minimum absolute atomic E-state index is 0.0406. The Kier molecular flexibility index (Phi) is 7.62. The van der Waals surface area contributed by atoms with Gasteiger partial charge in [-0.05, 0) is 57.9 Å². The van der Waals surface area contributed by atoms with Gasteiger partial charge in [-0.25, -0.2) is 4.79 Å². The first-order valence-electron chi connectivity index (χ1n) is 13.4. The lowest BCUT2D eigenvalue weighted by molar-refractivity contribution is -0.384. The molecule has 0 radical (unpaired) electrons. The summed E-state index contributed by atoms with van der Waals surface area (Å²) in [6.07, 6.45) is 5.82. The molecular formula is C27H34N6O5. The zero-order valence-electron chi connectivity index (χ0n) is 21.9. The highest BCUT2D eigenvalue weighted by Gasteiger charge is 2.38. The number of ether oxygens (including phenoxy) is 2. The van der Waals surface area contributed by atoms with Gasteiger partial charge in [0, 0.05) is 38.3 Å². The lowest BCUT2D eigenvalue weighted by Crippen LogP contribution is -2.36. The first-order valence-corrected chi connectivity index (χ1v) is 13.4. The fourth-order valence-electron chi connectivity index (χ4n) is 5.48. The van der Waals surface area contributed by atoms with E-state index in [0.29, 0.717) is 28.8 Å². The molecule has 2 aromatic rings. The third kappa shape index (κ3) is 5.23. The number of nitrogens with one attached hydrogen (secondary N) is 1. The number of fused-ring (bicyclic) bond motifs is 1. The number of hydrogen-bond donors (Lipinski definition) is 1. The molecule has 0 spiro atoms. The summed E-state index contributed by atoms with van der Waals surface area (Å²) in [7, 11) is 0. The number of benzene rings is 1. The maximum atomic E-state index is 12.5. The highest BCUT2D eigenvalue weighted by atomic mass is 16.7. The number of nitrogens with zero attached hydrogens (tertiary/aromatic N) is 5. The molecule has 1 atom stereocenters. The van der Waals surface area contributed by atoms with Crippen molar-refractivity contribution in [2.45, 2.75) is 58.3 Å². The van der Waals surface area contributed by atoms with Crippen molar-refractivity contribution in [1.29, 1.82) is 0 Å². The van der Waals surface area contributed by atoms with Crippen LogP contribution in [0.5, 0.6) is 0 Å². The predicted molar refractivity (Wildman–Crippen MR) is 144 cm³/mol. The summed E-state index contributed by atoms with van der Waals surface area (Å²) in [4.78, 5) is 38.3. The van der Waals surface area contributed by atoms with Gasteiger partial charge in [0.15, 0.2) is 0 Å². The number of rotatable bonds is 6. The third-order valence-electron chi connectivity index (χ3n) is 7.30. The van der Waals surface area contributed by atoms with Crippen LogP contribution in [0.15, 0.2) is 35.7 Å². The number of piperidine rings is 2. The van der Waals surface area contributed by atoms with Gasteiger partial charge in [-0.2, -0.15) is 9.97 Å². The van der Waals surface area contributed by atoms with Crippen molar-refractivity contribution in [3.05, 3.63) is 57.0 Å². The number of hydrogen-bond acceptors (Lipinski definition) is 10. The molecule has 2 saturated heterocycles. The summed E-state index contributed by atoms with van der Waals surface area (Å²) in [6, 6.07) is 6.44. The van der Waals surface area contributed by atoms with E-state index in [0.717, 1.165) is 69.7 Å². The molecule has 202 valence electrons. The first-order chi connectivity index (χ1) is 18.5. The molecule has 11 heteroatoms. The van der Waals surface area contributed by atoms with E-state index in [9.17, 15) is 14.9 Å². The molecule has 1 aromatic carbocycles. The molecule has 0 aliphatic carbocycles. The monoisotopic (exact) mass is 522 g/mol. The van der Waals surface area contributed by atoms with Crippen LogP contribution in [-0.4, -0.2) is 53.8 Å². The van der Waals surface area contributed by atoms with Crippen LogP contribution in [0.1, 0.15) is 69.4 Å². The molecule has 38 heavy (non-hydrogen) atoms. The number of aromatic nitrogens is 2. The summed E-state index contributed by atoms with van der Waals surface area (Å²) in [5, 5.41) is 15.0. The summed E-state index contributed by atoms with van der Waals surface area (Å²) < 4.78 is 10.9. The van der Waals surface area contributed by atoms with Gasteiger partial charge in [-0.15, -0.1) is 0 Å². The Labute approximate surface area is 222 Å². The van der Waals surface area contributed by atoms with E-state index in [1.54, 1.807) is 13.0 Å². The fraction of sp³-hybridized carbons (Fsp3) is 0.519. The van der Waals surface area contributed by atoms with Crippen molar-refractivity contribution in [3.8, 4) is 0 Å². The molecule has 0 bridgehead atoms. The van der Waals surface area contributed by atoms with E-state index in [2.05, 4.69) is 15.1 Å². The largest absolute Gasteiger partial charge is 0.513 e. The maximum Gasteiger partial charge on any atom is 0.513 e. The topological polar surface area (TPSA) is 123 Å². The maximum absolute atomic E-state index is 12.5.